The molecule has 0 spiro atoms. The Bertz CT molecular complexity index is 473. The summed E-state index contributed by atoms with van der Waals surface area (Å²) in [6.45, 7) is 3.88. The van der Waals surface area contributed by atoms with Gasteiger partial charge in [-0.3, -0.25) is 4.79 Å². The highest BCUT2D eigenvalue weighted by atomic mass is 32.1. The molecule has 1 amide bonds. The summed E-state index contributed by atoms with van der Waals surface area (Å²) in [4.78, 5) is 14.8. The van der Waals surface area contributed by atoms with Crippen LogP contribution >= 0.6 is 11.3 Å². The van der Waals surface area contributed by atoms with E-state index in [9.17, 15) is 4.79 Å². The van der Waals surface area contributed by atoms with Crippen LogP contribution in [0, 0.1) is 17.8 Å². The molecule has 19 heavy (non-hydrogen) atoms. The van der Waals surface area contributed by atoms with E-state index in [2.05, 4.69) is 28.1 Å². The topological polar surface area (TPSA) is 58.4 Å². The fraction of sp³-hybridized carbons (Fsp3) is 0.500. The molecule has 4 nitrogen and oxygen atoms in total. The molecule has 1 unspecified atom stereocenters. The van der Waals surface area contributed by atoms with Crippen molar-refractivity contribution in [1.82, 2.24) is 10.2 Å². The maximum Gasteiger partial charge on any atom is 0.223 e. The first-order valence-electron chi connectivity index (χ1n) is 6.23. The normalized spacial score (nSPS) is 11.8. The number of nitrogens with two attached hydrogens (primary N) is 1. The molecule has 1 rings (SSSR count). The largest absolute Gasteiger partial charge is 0.359 e. The number of hydrogen-bond acceptors (Lipinski definition) is 4. The predicted octanol–water partition coefficient (Wildman–Crippen LogP) is 0.872. The first kappa shape index (κ1) is 15.7. The lowest BCUT2D eigenvalue weighted by Gasteiger charge is -2.19. The Hall–Kier alpha value is -1.35. The van der Waals surface area contributed by atoms with Crippen molar-refractivity contribution < 1.29 is 4.79 Å². The number of amides is 1. The summed E-state index contributed by atoms with van der Waals surface area (Å²) >= 11 is 1.68. The van der Waals surface area contributed by atoms with Gasteiger partial charge >= 0.3 is 0 Å². The van der Waals surface area contributed by atoms with Gasteiger partial charge in [0.25, 0.3) is 0 Å². The number of thiophene rings is 1. The van der Waals surface area contributed by atoms with Crippen molar-refractivity contribution in [3.8, 4) is 11.8 Å². The summed E-state index contributed by atoms with van der Waals surface area (Å²) in [7, 11) is 3.69. The average molecular weight is 279 g/mol. The van der Waals surface area contributed by atoms with Crippen molar-refractivity contribution >= 4 is 17.2 Å². The molecule has 0 aromatic carbocycles. The first-order chi connectivity index (χ1) is 9.06. The highest BCUT2D eigenvalue weighted by Gasteiger charge is 2.14. The fourth-order valence-electron chi connectivity index (χ4n) is 1.81. The van der Waals surface area contributed by atoms with Gasteiger partial charge in [-0.1, -0.05) is 18.8 Å². The van der Waals surface area contributed by atoms with E-state index in [1.807, 2.05) is 19.4 Å². The number of nitrogens with one attached hydrogen (secondary N) is 1. The molecule has 104 valence electrons. The predicted molar refractivity (Wildman–Crippen MR) is 79.8 cm³/mol. The Morgan fingerprint density at radius 3 is 3.00 bits per heavy atom. The van der Waals surface area contributed by atoms with Crippen LogP contribution in [0.4, 0.5) is 0 Å². The molecule has 1 heterocycles. The Kier molecular flexibility index (Phi) is 6.57. The van der Waals surface area contributed by atoms with E-state index in [4.69, 9.17) is 5.73 Å². The molecule has 0 aliphatic carbocycles. The number of carbonyl (C=O) groups is 1. The Morgan fingerprint density at radius 2 is 2.37 bits per heavy atom. The molecule has 1 aromatic rings. The van der Waals surface area contributed by atoms with Crippen LogP contribution in [0.3, 0.4) is 0 Å². The van der Waals surface area contributed by atoms with Crippen molar-refractivity contribution in [1.29, 1.82) is 0 Å². The van der Waals surface area contributed by atoms with E-state index in [0.717, 1.165) is 18.7 Å². The highest BCUT2D eigenvalue weighted by molar-refractivity contribution is 7.10. The summed E-state index contributed by atoms with van der Waals surface area (Å²) in [5, 5.41) is 4.70. The van der Waals surface area contributed by atoms with E-state index in [1.54, 1.807) is 18.4 Å². The second kappa shape index (κ2) is 7.95. The van der Waals surface area contributed by atoms with E-state index < -0.39 is 0 Å². The Labute approximate surface area is 119 Å². The van der Waals surface area contributed by atoms with Crippen molar-refractivity contribution in [3.05, 3.63) is 21.9 Å². The van der Waals surface area contributed by atoms with Crippen molar-refractivity contribution in [3.63, 3.8) is 0 Å². The van der Waals surface area contributed by atoms with E-state index in [-0.39, 0.29) is 11.8 Å². The molecule has 0 saturated carbocycles. The van der Waals surface area contributed by atoms with Crippen LogP contribution in [0.15, 0.2) is 11.4 Å². The zero-order chi connectivity index (χ0) is 14.3. The van der Waals surface area contributed by atoms with Crippen LogP contribution in [0.25, 0.3) is 0 Å². The van der Waals surface area contributed by atoms with Gasteiger partial charge in [0.15, 0.2) is 0 Å². The van der Waals surface area contributed by atoms with Gasteiger partial charge in [0.1, 0.15) is 0 Å². The molecule has 0 aliphatic heterocycles. The quantitative estimate of drug-likeness (QED) is 0.786. The maximum absolute atomic E-state index is 11.5. The molecule has 0 fully saturated rings. The van der Waals surface area contributed by atoms with Crippen molar-refractivity contribution in [2.45, 2.75) is 13.5 Å². The van der Waals surface area contributed by atoms with Crippen LogP contribution < -0.4 is 11.1 Å². The van der Waals surface area contributed by atoms with Gasteiger partial charge in [0.2, 0.25) is 5.91 Å². The lowest BCUT2D eigenvalue weighted by Crippen LogP contribution is -2.34. The number of carbonyl (C=O) groups excluding carboxylic acids is 1. The summed E-state index contributed by atoms with van der Waals surface area (Å²) in [6, 6.07) is 2.08. The van der Waals surface area contributed by atoms with E-state index in [0.29, 0.717) is 6.54 Å². The van der Waals surface area contributed by atoms with Crippen LogP contribution in [0.2, 0.25) is 0 Å². The van der Waals surface area contributed by atoms with Gasteiger partial charge in [-0.25, -0.2) is 0 Å². The van der Waals surface area contributed by atoms with Gasteiger partial charge in [-0.05, 0) is 13.1 Å². The van der Waals surface area contributed by atoms with E-state index >= 15 is 0 Å². The van der Waals surface area contributed by atoms with Crippen LogP contribution in [0.1, 0.15) is 17.4 Å². The van der Waals surface area contributed by atoms with Crippen LogP contribution in [-0.2, 0) is 11.3 Å². The van der Waals surface area contributed by atoms with Gasteiger partial charge < -0.3 is 16.0 Å². The van der Waals surface area contributed by atoms with Gasteiger partial charge in [-0.2, -0.15) is 0 Å². The van der Waals surface area contributed by atoms with E-state index in [1.165, 1.54) is 4.88 Å². The maximum atomic E-state index is 11.5. The second-order valence-electron chi connectivity index (χ2n) is 4.52. The molecule has 1 aromatic heterocycles. The minimum absolute atomic E-state index is 0.00790. The first-order valence-corrected chi connectivity index (χ1v) is 7.11. The number of nitrogens with zero attached hydrogens (tertiary/aromatic N) is 1. The summed E-state index contributed by atoms with van der Waals surface area (Å²) in [5.41, 5.74) is 6.36. The average Bonchev–Trinajstić information content (AvgIpc) is 2.82. The Morgan fingerprint density at radius 1 is 1.63 bits per heavy atom. The summed E-state index contributed by atoms with van der Waals surface area (Å²) < 4.78 is 0. The third-order valence-corrected chi connectivity index (χ3v) is 3.62. The van der Waals surface area contributed by atoms with Gasteiger partial charge in [0.05, 0.1) is 6.54 Å². The smallest absolute Gasteiger partial charge is 0.223 e. The van der Waals surface area contributed by atoms with Gasteiger partial charge in [0, 0.05) is 41.9 Å². The molecule has 0 saturated heterocycles. The summed E-state index contributed by atoms with van der Waals surface area (Å²) in [5.74, 6) is 5.93. The third kappa shape index (κ3) is 5.43. The second-order valence-corrected chi connectivity index (χ2v) is 5.52. The van der Waals surface area contributed by atoms with Crippen molar-refractivity contribution in [2.24, 2.45) is 11.7 Å². The minimum Gasteiger partial charge on any atom is -0.359 e. The standard InChI is InChI=1S/C14H21N3OS/c1-11(14(18)16-2)8-17(3)9-13-7-12(10-19-13)5-4-6-15/h7,10-11H,6,8-9,15H2,1-3H3,(H,16,18). The number of rotatable bonds is 5. The molecule has 0 bridgehead atoms. The molecule has 1 atom stereocenters. The minimum atomic E-state index is -0.00790. The molecule has 0 aliphatic rings. The molecule has 3 N–H and O–H groups in total. The highest BCUT2D eigenvalue weighted by Crippen LogP contribution is 2.16. The zero-order valence-corrected chi connectivity index (χ0v) is 12.5. The lowest BCUT2D eigenvalue weighted by molar-refractivity contribution is -0.124. The summed E-state index contributed by atoms with van der Waals surface area (Å²) in [6.07, 6.45) is 0. The zero-order valence-electron chi connectivity index (χ0n) is 11.7. The van der Waals surface area contributed by atoms with Gasteiger partial charge in [-0.15, -0.1) is 11.3 Å². The number of hydrogen-bond donors (Lipinski definition) is 2. The molecular weight excluding hydrogens is 258 g/mol. The third-order valence-electron chi connectivity index (χ3n) is 2.69. The van der Waals surface area contributed by atoms with Crippen LogP contribution in [0.5, 0.6) is 0 Å². The fourth-order valence-corrected chi connectivity index (χ4v) is 2.70. The monoisotopic (exact) mass is 279 g/mol. The molecular formula is C14H21N3OS. The van der Waals surface area contributed by atoms with Crippen LogP contribution in [-0.4, -0.2) is 38.0 Å². The Balaban J connectivity index is 2.50. The van der Waals surface area contributed by atoms with Crippen molar-refractivity contribution in [2.75, 3.05) is 27.2 Å². The molecule has 5 heteroatoms. The SMILES string of the molecule is CNC(=O)C(C)CN(C)Cc1cc(C#CCN)cs1. The molecule has 0 radical (unpaired) electrons. The lowest BCUT2D eigenvalue weighted by atomic mass is 10.1.